The van der Waals surface area contributed by atoms with Gasteiger partial charge in [0.15, 0.2) is 0 Å². The van der Waals surface area contributed by atoms with E-state index >= 15 is 0 Å². The highest BCUT2D eigenvalue weighted by atomic mass is 15.3. The van der Waals surface area contributed by atoms with Crippen LogP contribution in [-0.4, -0.2) is 43.7 Å². The van der Waals surface area contributed by atoms with E-state index in [0.29, 0.717) is 6.04 Å². The number of hydrogen-bond acceptors (Lipinski definition) is 3. The van der Waals surface area contributed by atoms with Crippen LogP contribution in [0.4, 0.5) is 5.69 Å². The van der Waals surface area contributed by atoms with E-state index in [1.54, 1.807) is 0 Å². The highest BCUT2D eigenvalue weighted by molar-refractivity contribution is 5.48. The predicted octanol–water partition coefficient (Wildman–Crippen LogP) is 3.03. The molecular formula is C18H29N3. The molecule has 3 atom stereocenters. The van der Waals surface area contributed by atoms with E-state index < -0.39 is 0 Å². The number of anilines is 1. The molecule has 2 saturated heterocycles. The first-order valence-corrected chi connectivity index (χ1v) is 8.49. The zero-order chi connectivity index (χ0) is 14.8. The molecule has 1 aromatic rings. The van der Waals surface area contributed by atoms with Crippen LogP contribution in [0, 0.1) is 0 Å². The molecule has 0 aromatic heterocycles. The van der Waals surface area contributed by atoms with Gasteiger partial charge in [-0.2, -0.15) is 0 Å². The second-order valence-corrected chi connectivity index (χ2v) is 6.66. The fraction of sp³-hybridized carbons (Fsp3) is 0.667. The van der Waals surface area contributed by atoms with Gasteiger partial charge in [0.1, 0.15) is 0 Å². The summed E-state index contributed by atoms with van der Waals surface area (Å²) in [4.78, 5) is 5.20. The molecule has 2 heterocycles. The number of rotatable bonds is 4. The van der Waals surface area contributed by atoms with Crippen molar-refractivity contribution in [2.75, 3.05) is 31.6 Å². The first-order valence-electron chi connectivity index (χ1n) is 8.49. The van der Waals surface area contributed by atoms with Gasteiger partial charge in [-0.05, 0) is 57.5 Å². The summed E-state index contributed by atoms with van der Waals surface area (Å²) in [6.07, 6.45) is 4.07. The zero-order valence-electron chi connectivity index (χ0n) is 13.7. The monoisotopic (exact) mass is 287 g/mol. The molecule has 3 unspecified atom stereocenters. The minimum atomic E-state index is 0.440. The second kappa shape index (κ2) is 6.37. The number of likely N-dealkylation sites (N-methyl/N-ethyl adjacent to an activating group) is 1. The van der Waals surface area contributed by atoms with Gasteiger partial charge in [0.05, 0.1) is 0 Å². The van der Waals surface area contributed by atoms with Crippen LogP contribution in [0.15, 0.2) is 24.3 Å². The lowest BCUT2D eigenvalue weighted by Gasteiger charge is -2.28. The Morgan fingerprint density at radius 2 is 1.86 bits per heavy atom. The van der Waals surface area contributed by atoms with Gasteiger partial charge in [-0.15, -0.1) is 0 Å². The van der Waals surface area contributed by atoms with Gasteiger partial charge in [0.25, 0.3) is 0 Å². The normalized spacial score (nSPS) is 27.7. The summed E-state index contributed by atoms with van der Waals surface area (Å²) in [5, 5.41) is 3.48. The SMILES string of the molecule is CCNC(C)c1ccc(N2CCC3CCC(C2)N3C)cc1. The molecule has 3 nitrogen and oxygen atoms in total. The van der Waals surface area contributed by atoms with Crippen molar-refractivity contribution in [1.29, 1.82) is 0 Å². The van der Waals surface area contributed by atoms with Crippen molar-refractivity contribution in [3.63, 3.8) is 0 Å². The van der Waals surface area contributed by atoms with Crippen LogP contribution in [0.5, 0.6) is 0 Å². The molecule has 1 N–H and O–H groups in total. The third-order valence-electron chi connectivity index (χ3n) is 5.42. The summed E-state index contributed by atoms with van der Waals surface area (Å²) in [5.74, 6) is 0. The molecular weight excluding hydrogens is 258 g/mol. The molecule has 2 aliphatic heterocycles. The number of nitrogens with zero attached hydrogens (tertiary/aromatic N) is 2. The van der Waals surface area contributed by atoms with Gasteiger partial charge < -0.3 is 10.2 Å². The summed E-state index contributed by atoms with van der Waals surface area (Å²) in [6, 6.07) is 11.2. The van der Waals surface area contributed by atoms with Crippen molar-refractivity contribution < 1.29 is 0 Å². The van der Waals surface area contributed by atoms with E-state index in [-0.39, 0.29) is 0 Å². The minimum absolute atomic E-state index is 0.440. The number of hydrogen-bond donors (Lipinski definition) is 1. The molecule has 0 saturated carbocycles. The van der Waals surface area contributed by atoms with Gasteiger partial charge in [-0.25, -0.2) is 0 Å². The highest BCUT2D eigenvalue weighted by Crippen LogP contribution is 2.31. The van der Waals surface area contributed by atoms with Crippen LogP contribution in [0.3, 0.4) is 0 Å². The van der Waals surface area contributed by atoms with Crippen molar-refractivity contribution in [2.45, 2.75) is 51.2 Å². The molecule has 1 aromatic carbocycles. The Bertz CT molecular complexity index is 456. The standard InChI is InChI=1S/C18H29N3/c1-4-19-14(2)15-5-7-17(8-6-15)21-12-11-16-9-10-18(13-21)20(16)3/h5-8,14,16,18-19H,4,9-13H2,1-3H3. The van der Waals surface area contributed by atoms with Crippen molar-refractivity contribution in [3.05, 3.63) is 29.8 Å². The Kier molecular flexibility index (Phi) is 4.51. The summed E-state index contributed by atoms with van der Waals surface area (Å²) in [6.45, 7) is 7.80. The van der Waals surface area contributed by atoms with Gasteiger partial charge in [-0.3, -0.25) is 4.90 Å². The third kappa shape index (κ3) is 3.09. The number of nitrogens with one attached hydrogen (secondary N) is 1. The van der Waals surface area contributed by atoms with Gasteiger partial charge >= 0.3 is 0 Å². The lowest BCUT2D eigenvalue weighted by molar-refractivity contribution is 0.254. The summed E-state index contributed by atoms with van der Waals surface area (Å²) in [5.41, 5.74) is 2.78. The van der Waals surface area contributed by atoms with E-state index in [0.717, 1.165) is 18.6 Å². The minimum Gasteiger partial charge on any atom is -0.370 e. The molecule has 21 heavy (non-hydrogen) atoms. The Hall–Kier alpha value is -1.06. The zero-order valence-corrected chi connectivity index (χ0v) is 13.7. The highest BCUT2D eigenvalue weighted by Gasteiger charge is 2.34. The lowest BCUT2D eigenvalue weighted by Crippen LogP contribution is -2.36. The number of fused-ring (bicyclic) bond motifs is 2. The van der Waals surface area contributed by atoms with Crippen molar-refractivity contribution in [2.24, 2.45) is 0 Å². The average Bonchev–Trinajstić information content (AvgIpc) is 2.73. The fourth-order valence-corrected chi connectivity index (χ4v) is 3.94. The van der Waals surface area contributed by atoms with Crippen LogP contribution >= 0.6 is 0 Å². The van der Waals surface area contributed by atoms with Gasteiger partial charge in [0.2, 0.25) is 0 Å². The van der Waals surface area contributed by atoms with Crippen molar-refractivity contribution in [3.8, 4) is 0 Å². The molecule has 3 rings (SSSR count). The molecule has 0 radical (unpaired) electrons. The average molecular weight is 287 g/mol. The maximum atomic E-state index is 3.48. The molecule has 2 bridgehead atoms. The van der Waals surface area contributed by atoms with Crippen LogP contribution < -0.4 is 10.2 Å². The Balaban J connectivity index is 1.69. The van der Waals surface area contributed by atoms with Crippen LogP contribution in [0.2, 0.25) is 0 Å². The fourth-order valence-electron chi connectivity index (χ4n) is 3.94. The van der Waals surface area contributed by atoms with Gasteiger partial charge in [-0.1, -0.05) is 19.1 Å². The van der Waals surface area contributed by atoms with E-state index in [2.05, 4.69) is 60.3 Å². The third-order valence-corrected chi connectivity index (χ3v) is 5.42. The smallest absolute Gasteiger partial charge is 0.0366 e. The predicted molar refractivity (Wildman–Crippen MR) is 89.9 cm³/mol. The van der Waals surface area contributed by atoms with E-state index in [1.165, 1.54) is 43.6 Å². The summed E-state index contributed by atoms with van der Waals surface area (Å²) < 4.78 is 0. The first-order chi connectivity index (χ1) is 10.2. The van der Waals surface area contributed by atoms with Crippen LogP contribution in [0.1, 0.15) is 44.7 Å². The van der Waals surface area contributed by atoms with Crippen LogP contribution in [-0.2, 0) is 0 Å². The topological polar surface area (TPSA) is 18.5 Å². The molecule has 116 valence electrons. The maximum Gasteiger partial charge on any atom is 0.0366 e. The number of benzene rings is 1. The van der Waals surface area contributed by atoms with E-state index in [1.807, 2.05) is 0 Å². The Labute approximate surface area is 129 Å². The lowest BCUT2D eigenvalue weighted by atomic mass is 10.1. The quantitative estimate of drug-likeness (QED) is 0.918. The molecule has 2 aliphatic rings. The van der Waals surface area contributed by atoms with E-state index in [9.17, 15) is 0 Å². The second-order valence-electron chi connectivity index (χ2n) is 6.66. The largest absolute Gasteiger partial charge is 0.370 e. The molecule has 0 amide bonds. The Morgan fingerprint density at radius 3 is 2.57 bits per heavy atom. The van der Waals surface area contributed by atoms with Crippen LogP contribution in [0.25, 0.3) is 0 Å². The van der Waals surface area contributed by atoms with E-state index in [4.69, 9.17) is 0 Å². The van der Waals surface area contributed by atoms with Gasteiger partial charge in [0, 0.05) is 36.9 Å². The molecule has 0 aliphatic carbocycles. The maximum absolute atomic E-state index is 3.48. The molecule has 2 fully saturated rings. The first kappa shape index (κ1) is 14.9. The Morgan fingerprint density at radius 1 is 1.14 bits per heavy atom. The molecule has 3 heteroatoms. The summed E-state index contributed by atoms with van der Waals surface area (Å²) in [7, 11) is 2.31. The summed E-state index contributed by atoms with van der Waals surface area (Å²) >= 11 is 0. The molecule has 0 spiro atoms. The van der Waals surface area contributed by atoms with Crippen molar-refractivity contribution in [1.82, 2.24) is 10.2 Å². The van der Waals surface area contributed by atoms with Crippen molar-refractivity contribution >= 4 is 5.69 Å².